The predicted molar refractivity (Wildman–Crippen MR) is 248 cm³/mol. The highest BCUT2D eigenvalue weighted by Gasteiger charge is 2.17. The molecule has 0 spiro atoms. The van der Waals surface area contributed by atoms with Gasteiger partial charge in [0.2, 0.25) is 0 Å². The third-order valence-corrected chi connectivity index (χ3v) is 11.4. The van der Waals surface area contributed by atoms with Crippen LogP contribution < -0.4 is 0 Å². The summed E-state index contributed by atoms with van der Waals surface area (Å²) >= 11 is 0. The SMILES string of the molecule is c1ccc(-c2ccc(-c3nc(-c4ccc(-c5ccccc5)cc4)nc(-c4ccc(-c5ccc(-c6cccc7c6ccc6cccnc67)cc5)c5ccccc45)n3)cc2)cc1. The van der Waals surface area contributed by atoms with Crippen LogP contribution in [0, 0.1) is 0 Å². The first kappa shape index (κ1) is 35.1. The van der Waals surface area contributed by atoms with E-state index in [1.165, 1.54) is 27.6 Å². The van der Waals surface area contributed by atoms with Crippen LogP contribution in [0.4, 0.5) is 0 Å². The van der Waals surface area contributed by atoms with E-state index >= 15 is 0 Å². The molecule has 0 N–H and O–H groups in total. The Morgan fingerprint density at radius 1 is 0.233 bits per heavy atom. The fourth-order valence-electron chi connectivity index (χ4n) is 8.37. The third-order valence-electron chi connectivity index (χ3n) is 11.4. The zero-order valence-corrected chi connectivity index (χ0v) is 32.6. The van der Waals surface area contributed by atoms with Gasteiger partial charge in [-0.2, -0.15) is 0 Å². The summed E-state index contributed by atoms with van der Waals surface area (Å²) in [6.45, 7) is 0. The third kappa shape index (κ3) is 6.47. The van der Waals surface area contributed by atoms with Crippen LogP contribution in [0.2, 0.25) is 0 Å². The molecule has 2 aromatic heterocycles. The molecule has 0 aliphatic rings. The van der Waals surface area contributed by atoms with E-state index in [0.29, 0.717) is 17.5 Å². The summed E-state index contributed by atoms with van der Waals surface area (Å²) in [5.41, 5.74) is 13.1. The molecule has 60 heavy (non-hydrogen) atoms. The van der Waals surface area contributed by atoms with Gasteiger partial charge < -0.3 is 0 Å². The standard InChI is InChI=1S/C56H36N4/c1-3-11-37(12-4-1)39-20-28-44(29-21-39)54-58-55(45-30-22-40(23-31-45)38-13-5-2-6-14-38)60-56(59-54)52-35-34-47(48-16-7-8-17-49(48)52)42-26-24-41(25-27-42)46-18-9-19-51-50(46)33-32-43-15-10-36-57-53(43)51/h1-36H. The van der Waals surface area contributed by atoms with E-state index in [1.54, 1.807) is 0 Å². The maximum absolute atomic E-state index is 5.18. The molecule has 0 aliphatic heterocycles. The lowest BCUT2D eigenvalue weighted by Crippen LogP contribution is -2.01. The van der Waals surface area contributed by atoms with Gasteiger partial charge in [-0.3, -0.25) is 4.98 Å². The number of rotatable bonds is 7. The van der Waals surface area contributed by atoms with Crippen LogP contribution >= 0.6 is 0 Å². The number of fused-ring (bicyclic) bond motifs is 4. The van der Waals surface area contributed by atoms with Crippen molar-refractivity contribution in [2.75, 3.05) is 0 Å². The minimum Gasteiger partial charge on any atom is -0.256 e. The average molecular weight is 765 g/mol. The smallest absolute Gasteiger partial charge is 0.164 e. The Hall–Kier alpha value is -8.08. The minimum absolute atomic E-state index is 0.628. The van der Waals surface area contributed by atoms with Crippen LogP contribution in [0.3, 0.4) is 0 Å². The monoisotopic (exact) mass is 764 g/mol. The summed E-state index contributed by atoms with van der Waals surface area (Å²) in [7, 11) is 0. The Morgan fingerprint density at radius 2 is 0.667 bits per heavy atom. The second-order valence-electron chi connectivity index (χ2n) is 15.0. The van der Waals surface area contributed by atoms with Crippen molar-refractivity contribution >= 4 is 32.4 Å². The van der Waals surface area contributed by atoms with Crippen LogP contribution in [0.5, 0.6) is 0 Å². The highest BCUT2D eigenvalue weighted by atomic mass is 15.0. The van der Waals surface area contributed by atoms with Crippen molar-refractivity contribution in [3.8, 4) is 78.7 Å². The Morgan fingerprint density at radius 3 is 1.27 bits per heavy atom. The first-order valence-corrected chi connectivity index (χ1v) is 20.2. The van der Waals surface area contributed by atoms with E-state index < -0.39 is 0 Å². The summed E-state index contributed by atoms with van der Waals surface area (Å²) in [5.74, 6) is 1.88. The predicted octanol–water partition coefficient (Wildman–Crippen LogP) is 14.4. The molecule has 0 atom stereocenters. The van der Waals surface area contributed by atoms with Crippen LogP contribution in [-0.4, -0.2) is 19.9 Å². The Balaban J connectivity index is 0.997. The van der Waals surface area contributed by atoms with Crippen LogP contribution in [-0.2, 0) is 0 Å². The molecule has 0 radical (unpaired) electrons. The lowest BCUT2D eigenvalue weighted by atomic mass is 9.92. The van der Waals surface area contributed by atoms with Gasteiger partial charge in [-0.15, -0.1) is 0 Å². The molecule has 0 unspecified atom stereocenters. The molecular weight excluding hydrogens is 729 g/mol. The molecule has 2 heterocycles. The highest BCUT2D eigenvalue weighted by Crippen LogP contribution is 2.38. The first-order chi connectivity index (χ1) is 29.7. The van der Waals surface area contributed by atoms with Gasteiger partial charge in [-0.1, -0.05) is 200 Å². The molecule has 4 heteroatoms. The molecule has 0 fully saturated rings. The van der Waals surface area contributed by atoms with Gasteiger partial charge in [-0.25, -0.2) is 15.0 Å². The fraction of sp³-hybridized carbons (Fsp3) is 0. The molecule has 9 aromatic carbocycles. The number of hydrogen-bond acceptors (Lipinski definition) is 4. The lowest BCUT2D eigenvalue weighted by molar-refractivity contribution is 1.08. The summed E-state index contributed by atoms with van der Waals surface area (Å²) < 4.78 is 0. The second kappa shape index (κ2) is 15.0. The molecule has 0 saturated carbocycles. The van der Waals surface area contributed by atoms with Crippen molar-refractivity contribution in [1.82, 2.24) is 19.9 Å². The lowest BCUT2D eigenvalue weighted by Gasteiger charge is -2.14. The molecule has 11 aromatic rings. The molecule has 0 saturated heterocycles. The minimum atomic E-state index is 0.628. The van der Waals surface area contributed by atoms with E-state index in [0.717, 1.165) is 66.0 Å². The topological polar surface area (TPSA) is 51.6 Å². The van der Waals surface area contributed by atoms with Crippen molar-refractivity contribution in [2.24, 2.45) is 0 Å². The Bertz CT molecular complexity index is 3220. The second-order valence-corrected chi connectivity index (χ2v) is 15.0. The van der Waals surface area contributed by atoms with Crippen LogP contribution in [0.15, 0.2) is 219 Å². The largest absolute Gasteiger partial charge is 0.256 e. The summed E-state index contributed by atoms with van der Waals surface area (Å²) in [6, 6.07) is 74.6. The van der Waals surface area contributed by atoms with Gasteiger partial charge in [-0.05, 0) is 72.8 Å². The van der Waals surface area contributed by atoms with Gasteiger partial charge in [0, 0.05) is 33.7 Å². The normalized spacial score (nSPS) is 11.3. The quantitative estimate of drug-likeness (QED) is 0.152. The van der Waals surface area contributed by atoms with E-state index in [-0.39, 0.29) is 0 Å². The van der Waals surface area contributed by atoms with Crippen molar-refractivity contribution in [2.45, 2.75) is 0 Å². The van der Waals surface area contributed by atoms with Crippen molar-refractivity contribution in [3.63, 3.8) is 0 Å². The van der Waals surface area contributed by atoms with Gasteiger partial charge in [0.15, 0.2) is 17.5 Å². The van der Waals surface area contributed by atoms with E-state index in [4.69, 9.17) is 19.9 Å². The van der Waals surface area contributed by atoms with Crippen molar-refractivity contribution < 1.29 is 0 Å². The maximum atomic E-state index is 5.18. The van der Waals surface area contributed by atoms with Gasteiger partial charge in [0.1, 0.15) is 0 Å². The summed E-state index contributed by atoms with van der Waals surface area (Å²) in [6.07, 6.45) is 1.87. The Labute approximate surface area is 348 Å². The van der Waals surface area contributed by atoms with Crippen molar-refractivity contribution in [3.05, 3.63) is 219 Å². The number of benzene rings is 9. The maximum Gasteiger partial charge on any atom is 0.164 e. The Kier molecular flexibility index (Phi) is 8.79. The highest BCUT2D eigenvalue weighted by molar-refractivity contribution is 6.10. The molecule has 0 amide bonds. The zero-order chi connectivity index (χ0) is 39.8. The van der Waals surface area contributed by atoms with Gasteiger partial charge in [0.25, 0.3) is 0 Å². The summed E-state index contributed by atoms with van der Waals surface area (Å²) in [5, 5.41) is 5.71. The van der Waals surface area contributed by atoms with E-state index in [9.17, 15) is 0 Å². The number of nitrogens with zero attached hydrogens (tertiary/aromatic N) is 4. The first-order valence-electron chi connectivity index (χ1n) is 20.2. The average Bonchev–Trinajstić information content (AvgIpc) is 3.34. The molecule has 0 bridgehead atoms. The van der Waals surface area contributed by atoms with Crippen LogP contribution in [0.1, 0.15) is 0 Å². The number of aromatic nitrogens is 4. The summed E-state index contributed by atoms with van der Waals surface area (Å²) in [4.78, 5) is 20.2. The molecule has 11 rings (SSSR count). The van der Waals surface area contributed by atoms with Crippen LogP contribution in [0.25, 0.3) is 111 Å². The van der Waals surface area contributed by atoms with E-state index in [1.807, 2.05) is 24.4 Å². The number of pyridine rings is 1. The van der Waals surface area contributed by atoms with Gasteiger partial charge >= 0.3 is 0 Å². The van der Waals surface area contributed by atoms with Crippen molar-refractivity contribution in [1.29, 1.82) is 0 Å². The zero-order valence-electron chi connectivity index (χ0n) is 32.6. The number of hydrogen-bond donors (Lipinski definition) is 0. The fourth-order valence-corrected chi connectivity index (χ4v) is 8.37. The molecule has 280 valence electrons. The molecule has 0 aliphatic carbocycles. The molecular formula is C56H36N4. The van der Waals surface area contributed by atoms with Gasteiger partial charge in [0.05, 0.1) is 5.52 Å². The molecule has 4 nitrogen and oxygen atoms in total. The van der Waals surface area contributed by atoms with E-state index in [2.05, 4.69) is 194 Å².